The van der Waals surface area contributed by atoms with Gasteiger partial charge in [-0.05, 0) is 18.2 Å². The molecule has 4 heteroatoms. The van der Waals surface area contributed by atoms with Gasteiger partial charge in [-0.25, -0.2) is 0 Å². The summed E-state index contributed by atoms with van der Waals surface area (Å²) in [5, 5.41) is 3.18. The summed E-state index contributed by atoms with van der Waals surface area (Å²) in [6.07, 6.45) is 0. The minimum atomic E-state index is 0.192. The van der Waals surface area contributed by atoms with E-state index in [4.69, 9.17) is 4.74 Å². The number of nitrogens with zero attached hydrogens (tertiary/aromatic N) is 2. The van der Waals surface area contributed by atoms with Crippen LogP contribution in [0.1, 0.15) is 11.6 Å². The predicted octanol–water partition coefficient (Wildman–Crippen LogP) is 2.93. The Labute approximate surface area is 117 Å². The Morgan fingerprint density at radius 2 is 1.85 bits per heavy atom. The molecule has 0 bridgehead atoms. The second-order valence-electron chi connectivity index (χ2n) is 4.91. The van der Waals surface area contributed by atoms with Crippen molar-refractivity contribution in [3.05, 3.63) is 54.1 Å². The summed E-state index contributed by atoms with van der Waals surface area (Å²) in [5.41, 5.74) is 2.23. The van der Waals surface area contributed by atoms with Gasteiger partial charge in [-0.15, -0.1) is 0 Å². The van der Waals surface area contributed by atoms with Crippen LogP contribution in [0.15, 0.2) is 53.5 Å². The molecule has 100 valence electrons. The Morgan fingerprint density at radius 1 is 1.10 bits per heavy atom. The van der Waals surface area contributed by atoms with Crippen LogP contribution in [0.2, 0.25) is 0 Å². The number of ether oxygens (including phenoxy) is 1. The number of para-hydroxylation sites is 3. The SMILES string of the molecule is CNC1=NCC2c3ccccc3Oc3ccccc3N12. The third kappa shape index (κ3) is 1.51. The first-order valence-corrected chi connectivity index (χ1v) is 6.76. The second-order valence-corrected chi connectivity index (χ2v) is 4.91. The lowest BCUT2D eigenvalue weighted by Crippen LogP contribution is -2.37. The first-order valence-electron chi connectivity index (χ1n) is 6.76. The van der Waals surface area contributed by atoms with Crippen molar-refractivity contribution in [2.24, 2.45) is 4.99 Å². The van der Waals surface area contributed by atoms with Gasteiger partial charge in [0.2, 0.25) is 0 Å². The van der Waals surface area contributed by atoms with Gasteiger partial charge in [-0.2, -0.15) is 0 Å². The molecule has 2 aliphatic rings. The van der Waals surface area contributed by atoms with Crippen molar-refractivity contribution in [2.75, 3.05) is 18.5 Å². The van der Waals surface area contributed by atoms with Crippen LogP contribution in [0, 0.1) is 0 Å². The summed E-state index contributed by atoms with van der Waals surface area (Å²) in [7, 11) is 1.90. The molecule has 4 rings (SSSR count). The molecule has 1 atom stereocenters. The molecule has 0 saturated heterocycles. The maximum absolute atomic E-state index is 6.11. The molecule has 0 radical (unpaired) electrons. The molecule has 4 nitrogen and oxygen atoms in total. The fraction of sp³-hybridized carbons (Fsp3) is 0.188. The van der Waals surface area contributed by atoms with E-state index in [-0.39, 0.29) is 6.04 Å². The third-order valence-electron chi connectivity index (χ3n) is 3.80. The Morgan fingerprint density at radius 3 is 2.70 bits per heavy atom. The van der Waals surface area contributed by atoms with Gasteiger partial charge in [-0.1, -0.05) is 30.3 Å². The molecular formula is C16H15N3O. The zero-order valence-electron chi connectivity index (χ0n) is 11.2. The lowest BCUT2D eigenvalue weighted by atomic mass is 10.1. The van der Waals surface area contributed by atoms with Gasteiger partial charge in [0.25, 0.3) is 0 Å². The number of rotatable bonds is 0. The highest BCUT2D eigenvalue weighted by Crippen LogP contribution is 2.45. The molecule has 2 aromatic carbocycles. The quantitative estimate of drug-likeness (QED) is 0.795. The number of anilines is 1. The second kappa shape index (κ2) is 4.27. The molecule has 1 N–H and O–H groups in total. The maximum atomic E-state index is 6.11. The third-order valence-corrected chi connectivity index (χ3v) is 3.80. The number of guanidine groups is 1. The first kappa shape index (κ1) is 11.3. The van der Waals surface area contributed by atoms with Crippen LogP contribution in [0.25, 0.3) is 0 Å². The van der Waals surface area contributed by atoms with Crippen molar-refractivity contribution in [3.8, 4) is 11.5 Å². The van der Waals surface area contributed by atoms with Gasteiger partial charge >= 0.3 is 0 Å². The predicted molar refractivity (Wildman–Crippen MR) is 79.5 cm³/mol. The van der Waals surface area contributed by atoms with Crippen LogP contribution in [-0.2, 0) is 0 Å². The lowest BCUT2D eigenvalue weighted by molar-refractivity contribution is 0.482. The fourth-order valence-electron chi connectivity index (χ4n) is 2.91. The zero-order valence-corrected chi connectivity index (χ0v) is 11.2. The van der Waals surface area contributed by atoms with Crippen molar-refractivity contribution < 1.29 is 4.74 Å². The van der Waals surface area contributed by atoms with Crippen LogP contribution >= 0.6 is 0 Å². The van der Waals surface area contributed by atoms with Crippen LogP contribution in [0.3, 0.4) is 0 Å². The summed E-state index contributed by atoms with van der Waals surface area (Å²) >= 11 is 0. The highest BCUT2D eigenvalue weighted by molar-refractivity contribution is 6.00. The van der Waals surface area contributed by atoms with Crippen molar-refractivity contribution in [1.82, 2.24) is 5.32 Å². The maximum Gasteiger partial charge on any atom is 0.199 e. The monoisotopic (exact) mass is 265 g/mol. The summed E-state index contributed by atoms with van der Waals surface area (Å²) in [6.45, 7) is 0.741. The van der Waals surface area contributed by atoms with Gasteiger partial charge in [0, 0.05) is 12.6 Å². The zero-order chi connectivity index (χ0) is 13.5. The molecule has 0 saturated carbocycles. The number of aliphatic imine (C=N–C) groups is 1. The summed E-state index contributed by atoms with van der Waals surface area (Å²) in [6, 6.07) is 16.5. The Hall–Kier alpha value is -2.49. The Balaban J connectivity index is 1.95. The summed E-state index contributed by atoms with van der Waals surface area (Å²) in [4.78, 5) is 6.84. The van der Waals surface area contributed by atoms with E-state index in [1.807, 2.05) is 43.4 Å². The largest absolute Gasteiger partial charge is 0.455 e. The van der Waals surface area contributed by atoms with Gasteiger partial charge in [-0.3, -0.25) is 9.89 Å². The molecule has 0 aromatic heterocycles. The lowest BCUT2D eigenvalue weighted by Gasteiger charge is -2.26. The molecule has 0 aliphatic carbocycles. The van der Waals surface area contributed by atoms with Crippen LogP contribution in [0.4, 0.5) is 5.69 Å². The molecule has 0 spiro atoms. The van der Waals surface area contributed by atoms with Crippen LogP contribution < -0.4 is 15.0 Å². The highest BCUT2D eigenvalue weighted by Gasteiger charge is 2.35. The topological polar surface area (TPSA) is 36.9 Å². The standard InChI is InChI=1S/C16H15N3O/c1-17-16-18-10-13-11-6-2-4-8-14(11)20-15-9-5-3-7-12(15)19(13)16/h2-9,13H,10H2,1H3,(H,17,18). The summed E-state index contributed by atoms with van der Waals surface area (Å²) in [5.74, 6) is 2.68. The molecule has 2 aliphatic heterocycles. The number of benzene rings is 2. The van der Waals surface area contributed by atoms with Gasteiger partial charge in [0.05, 0.1) is 18.3 Å². The number of nitrogens with one attached hydrogen (secondary N) is 1. The van der Waals surface area contributed by atoms with E-state index in [9.17, 15) is 0 Å². The Kier molecular flexibility index (Phi) is 2.42. The number of hydrogen-bond acceptors (Lipinski definition) is 4. The molecule has 0 fully saturated rings. The van der Waals surface area contributed by atoms with E-state index < -0.39 is 0 Å². The van der Waals surface area contributed by atoms with Crippen LogP contribution in [0.5, 0.6) is 11.5 Å². The van der Waals surface area contributed by atoms with Gasteiger partial charge in [0.15, 0.2) is 11.7 Å². The van der Waals surface area contributed by atoms with E-state index in [1.165, 1.54) is 5.56 Å². The van der Waals surface area contributed by atoms with Crippen molar-refractivity contribution >= 4 is 11.6 Å². The molecular weight excluding hydrogens is 250 g/mol. The molecule has 0 amide bonds. The van der Waals surface area contributed by atoms with Crippen molar-refractivity contribution in [3.63, 3.8) is 0 Å². The van der Waals surface area contributed by atoms with E-state index >= 15 is 0 Å². The molecule has 2 aromatic rings. The smallest absolute Gasteiger partial charge is 0.199 e. The fourth-order valence-corrected chi connectivity index (χ4v) is 2.91. The normalized spacial score (nSPS) is 19.1. The van der Waals surface area contributed by atoms with Gasteiger partial charge < -0.3 is 10.1 Å². The minimum Gasteiger partial charge on any atom is -0.455 e. The molecule has 2 heterocycles. The minimum absolute atomic E-state index is 0.192. The van der Waals surface area contributed by atoms with Crippen LogP contribution in [-0.4, -0.2) is 19.6 Å². The van der Waals surface area contributed by atoms with Crippen molar-refractivity contribution in [2.45, 2.75) is 6.04 Å². The highest BCUT2D eigenvalue weighted by atomic mass is 16.5. The van der Waals surface area contributed by atoms with E-state index in [2.05, 4.69) is 27.3 Å². The summed E-state index contributed by atoms with van der Waals surface area (Å²) < 4.78 is 6.11. The van der Waals surface area contributed by atoms with E-state index in [0.717, 1.165) is 29.7 Å². The average molecular weight is 265 g/mol. The Bertz CT molecular complexity index is 696. The van der Waals surface area contributed by atoms with E-state index in [1.54, 1.807) is 0 Å². The van der Waals surface area contributed by atoms with Crippen molar-refractivity contribution in [1.29, 1.82) is 0 Å². The average Bonchev–Trinajstić information content (AvgIpc) is 2.86. The molecule has 20 heavy (non-hydrogen) atoms. The number of fused-ring (bicyclic) bond motifs is 5. The number of hydrogen-bond donors (Lipinski definition) is 1. The molecule has 1 unspecified atom stereocenters. The van der Waals surface area contributed by atoms with Gasteiger partial charge in [0.1, 0.15) is 5.75 Å². The first-order chi connectivity index (χ1) is 9.88. The van der Waals surface area contributed by atoms with E-state index in [0.29, 0.717) is 0 Å².